The maximum Gasteiger partial charge on any atom is 0.0484 e. The fraction of sp³-hybridized carbons (Fsp3) is 0.286. The molecular formula is C14H16ClN. The first-order valence-corrected chi connectivity index (χ1v) is 6.01. The predicted molar refractivity (Wildman–Crippen MR) is 70.9 cm³/mol. The van der Waals surface area contributed by atoms with Crippen LogP contribution >= 0.6 is 11.6 Å². The first-order valence-electron chi connectivity index (χ1n) is 5.63. The molecule has 84 valence electrons. The average molecular weight is 234 g/mol. The summed E-state index contributed by atoms with van der Waals surface area (Å²) in [7, 11) is 0. The minimum atomic E-state index is 0.247. The molecule has 0 spiro atoms. The molecule has 0 fully saturated rings. The molecule has 2 aromatic carbocycles. The smallest absolute Gasteiger partial charge is 0.0484 e. The molecule has 1 unspecified atom stereocenters. The van der Waals surface area contributed by atoms with Crippen molar-refractivity contribution in [2.24, 2.45) is 5.73 Å². The van der Waals surface area contributed by atoms with Gasteiger partial charge < -0.3 is 5.73 Å². The molecule has 0 amide bonds. The van der Waals surface area contributed by atoms with Gasteiger partial charge in [-0.25, -0.2) is 0 Å². The van der Waals surface area contributed by atoms with Crippen LogP contribution in [0.1, 0.15) is 18.9 Å². The third-order valence-electron chi connectivity index (χ3n) is 2.91. The lowest BCUT2D eigenvalue weighted by Gasteiger charge is -2.09. The van der Waals surface area contributed by atoms with Crippen molar-refractivity contribution < 1.29 is 0 Å². The summed E-state index contributed by atoms with van der Waals surface area (Å²) in [4.78, 5) is 0. The van der Waals surface area contributed by atoms with Gasteiger partial charge in [0.05, 0.1) is 0 Å². The van der Waals surface area contributed by atoms with Crippen LogP contribution in [0.5, 0.6) is 0 Å². The third-order valence-corrected chi connectivity index (χ3v) is 3.24. The van der Waals surface area contributed by atoms with Crippen LogP contribution in [0, 0.1) is 0 Å². The Balaban J connectivity index is 2.37. The lowest BCUT2D eigenvalue weighted by Crippen LogP contribution is -2.21. The Labute approximate surface area is 101 Å². The highest BCUT2D eigenvalue weighted by molar-refractivity contribution is 6.35. The van der Waals surface area contributed by atoms with E-state index in [4.69, 9.17) is 17.3 Å². The summed E-state index contributed by atoms with van der Waals surface area (Å²) in [6, 6.07) is 12.6. The molecule has 16 heavy (non-hydrogen) atoms. The summed E-state index contributed by atoms with van der Waals surface area (Å²) in [5.41, 5.74) is 7.23. The maximum atomic E-state index is 6.12. The van der Waals surface area contributed by atoms with E-state index in [0.717, 1.165) is 23.3 Å². The SMILES string of the molecule is CCC(N)Cc1ccc2c(Cl)cccc2c1. The quantitative estimate of drug-likeness (QED) is 0.858. The van der Waals surface area contributed by atoms with E-state index >= 15 is 0 Å². The summed E-state index contributed by atoms with van der Waals surface area (Å²) < 4.78 is 0. The monoisotopic (exact) mass is 233 g/mol. The van der Waals surface area contributed by atoms with Gasteiger partial charge in [0, 0.05) is 16.5 Å². The van der Waals surface area contributed by atoms with Crippen LogP contribution in [-0.2, 0) is 6.42 Å². The van der Waals surface area contributed by atoms with E-state index in [-0.39, 0.29) is 6.04 Å². The van der Waals surface area contributed by atoms with Crippen LogP contribution in [-0.4, -0.2) is 6.04 Å². The van der Waals surface area contributed by atoms with E-state index in [1.165, 1.54) is 10.9 Å². The summed E-state index contributed by atoms with van der Waals surface area (Å²) in [6.07, 6.45) is 1.94. The van der Waals surface area contributed by atoms with E-state index in [2.05, 4.69) is 31.2 Å². The molecule has 2 heteroatoms. The van der Waals surface area contributed by atoms with Crippen LogP contribution in [0.15, 0.2) is 36.4 Å². The van der Waals surface area contributed by atoms with Gasteiger partial charge in [-0.15, -0.1) is 0 Å². The fourth-order valence-corrected chi connectivity index (χ4v) is 2.11. The molecule has 0 bridgehead atoms. The highest BCUT2D eigenvalue weighted by Crippen LogP contribution is 2.24. The normalized spacial score (nSPS) is 12.9. The van der Waals surface area contributed by atoms with Crippen molar-refractivity contribution in [2.75, 3.05) is 0 Å². The van der Waals surface area contributed by atoms with E-state index in [1.54, 1.807) is 0 Å². The molecule has 0 radical (unpaired) electrons. The number of halogens is 1. The summed E-state index contributed by atoms with van der Waals surface area (Å²) in [6.45, 7) is 2.11. The van der Waals surface area contributed by atoms with Crippen LogP contribution in [0.25, 0.3) is 10.8 Å². The lowest BCUT2D eigenvalue weighted by atomic mass is 10.0. The molecule has 1 atom stereocenters. The molecule has 0 aliphatic carbocycles. The number of nitrogens with two attached hydrogens (primary N) is 1. The highest BCUT2D eigenvalue weighted by Gasteiger charge is 2.03. The Morgan fingerprint density at radius 2 is 2.06 bits per heavy atom. The van der Waals surface area contributed by atoms with Crippen molar-refractivity contribution in [2.45, 2.75) is 25.8 Å². The minimum absolute atomic E-state index is 0.247. The Morgan fingerprint density at radius 1 is 1.25 bits per heavy atom. The zero-order valence-electron chi connectivity index (χ0n) is 9.41. The molecule has 0 saturated carbocycles. The van der Waals surface area contributed by atoms with Gasteiger partial charge in [-0.3, -0.25) is 0 Å². The van der Waals surface area contributed by atoms with Gasteiger partial charge >= 0.3 is 0 Å². The van der Waals surface area contributed by atoms with Crippen molar-refractivity contribution in [3.63, 3.8) is 0 Å². The number of hydrogen-bond acceptors (Lipinski definition) is 1. The molecule has 2 N–H and O–H groups in total. The van der Waals surface area contributed by atoms with E-state index in [0.29, 0.717) is 0 Å². The average Bonchev–Trinajstić information content (AvgIpc) is 2.29. The molecule has 0 aliphatic heterocycles. The van der Waals surface area contributed by atoms with Gasteiger partial charge in [-0.2, -0.15) is 0 Å². The van der Waals surface area contributed by atoms with Crippen molar-refractivity contribution in [3.8, 4) is 0 Å². The minimum Gasteiger partial charge on any atom is -0.327 e. The first kappa shape index (κ1) is 11.4. The van der Waals surface area contributed by atoms with Crippen LogP contribution in [0.3, 0.4) is 0 Å². The van der Waals surface area contributed by atoms with E-state index in [1.807, 2.05) is 12.1 Å². The fourth-order valence-electron chi connectivity index (χ4n) is 1.87. The number of rotatable bonds is 3. The molecule has 2 rings (SSSR count). The van der Waals surface area contributed by atoms with Crippen LogP contribution in [0.4, 0.5) is 0 Å². The molecule has 0 aromatic heterocycles. The standard InChI is InChI=1S/C14H16ClN/c1-2-12(16)9-10-6-7-13-11(8-10)4-3-5-14(13)15/h3-8,12H,2,9,16H2,1H3. The topological polar surface area (TPSA) is 26.0 Å². The third kappa shape index (κ3) is 2.37. The zero-order valence-corrected chi connectivity index (χ0v) is 10.2. The Kier molecular flexibility index (Phi) is 3.47. The Morgan fingerprint density at radius 3 is 2.81 bits per heavy atom. The van der Waals surface area contributed by atoms with Crippen LogP contribution in [0.2, 0.25) is 5.02 Å². The summed E-state index contributed by atoms with van der Waals surface area (Å²) in [5.74, 6) is 0. The molecule has 0 saturated heterocycles. The second-order valence-corrected chi connectivity index (χ2v) is 4.57. The van der Waals surface area contributed by atoms with Gasteiger partial charge in [0.2, 0.25) is 0 Å². The highest BCUT2D eigenvalue weighted by atomic mass is 35.5. The molecular weight excluding hydrogens is 218 g/mol. The van der Waals surface area contributed by atoms with Gasteiger partial charge in [0.1, 0.15) is 0 Å². The Hall–Kier alpha value is -1.05. The number of fused-ring (bicyclic) bond motifs is 1. The number of benzene rings is 2. The maximum absolute atomic E-state index is 6.12. The second-order valence-electron chi connectivity index (χ2n) is 4.17. The molecule has 1 nitrogen and oxygen atoms in total. The second kappa shape index (κ2) is 4.86. The van der Waals surface area contributed by atoms with Gasteiger partial charge in [-0.1, -0.05) is 48.9 Å². The predicted octanol–water partition coefficient (Wildman–Crippen LogP) is 3.77. The van der Waals surface area contributed by atoms with Crippen LogP contribution < -0.4 is 5.73 Å². The van der Waals surface area contributed by atoms with Gasteiger partial charge in [-0.05, 0) is 29.9 Å². The Bertz CT molecular complexity index is 493. The largest absolute Gasteiger partial charge is 0.327 e. The van der Waals surface area contributed by atoms with Crippen molar-refractivity contribution in [3.05, 3.63) is 47.0 Å². The van der Waals surface area contributed by atoms with E-state index in [9.17, 15) is 0 Å². The molecule has 0 aliphatic rings. The number of hydrogen-bond donors (Lipinski definition) is 1. The molecule has 0 heterocycles. The van der Waals surface area contributed by atoms with Gasteiger partial charge in [0.25, 0.3) is 0 Å². The lowest BCUT2D eigenvalue weighted by molar-refractivity contribution is 0.647. The summed E-state index contributed by atoms with van der Waals surface area (Å²) >= 11 is 6.12. The van der Waals surface area contributed by atoms with Crippen molar-refractivity contribution in [1.82, 2.24) is 0 Å². The molecule has 2 aromatic rings. The summed E-state index contributed by atoms with van der Waals surface area (Å²) in [5, 5.41) is 3.11. The zero-order chi connectivity index (χ0) is 11.5. The van der Waals surface area contributed by atoms with Gasteiger partial charge in [0.15, 0.2) is 0 Å². The van der Waals surface area contributed by atoms with E-state index < -0.39 is 0 Å². The van der Waals surface area contributed by atoms with Crippen molar-refractivity contribution in [1.29, 1.82) is 0 Å². The first-order chi connectivity index (χ1) is 7.70. The van der Waals surface area contributed by atoms with Crippen molar-refractivity contribution >= 4 is 22.4 Å².